The summed E-state index contributed by atoms with van der Waals surface area (Å²) in [5, 5.41) is 10.4. The summed E-state index contributed by atoms with van der Waals surface area (Å²) >= 11 is 0. The van der Waals surface area contributed by atoms with Crippen LogP contribution in [0.4, 0.5) is 11.5 Å². The van der Waals surface area contributed by atoms with Gasteiger partial charge < -0.3 is 9.69 Å². The molecule has 0 radical (unpaired) electrons. The number of carbonyl (C=O) groups is 1. The van der Waals surface area contributed by atoms with E-state index in [1.165, 1.54) is 12.3 Å². The van der Waals surface area contributed by atoms with Crippen molar-refractivity contribution in [2.75, 3.05) is 11.4 Å². The number of hydrogen-bond donors (Lipinski definition) is 0. The van der Waals surface area contributed by atoms with Crippen molar-refractivity contribution < 1.29 is 9.72 Å². The Hall–Kier alpha value is -1.98. The summed E-state index contributed by atoms with van der Waals surface area (Å²) in [5.74, 6) is 0.625. The van der Waals surface area contributed by atoms with Crippen LogP contribution in [0.2, 0.25) is 0 Å². The van der Waals surface area contributed by atoms with Crippen molar-refractivity contribution in [3.8, 4) is 0 Å². The van der Waals surface area contributed by atoms with Crippen molar-refractivity contribution in [2.24, 2.45) is 0 Å². The molecule has 0 N–H and O–H groups in total. The second-order valence-electron chi connectivity index (χ2n) is 3.67. The normalized spacial score (nSPS) is 19.8. The Bertz CT molecular complexity index is 404. The molecule has 1 fully saturated rings. The molecule has 0 saturated carbocycles. The van der Waals surface area contributed by atoms with Crippen molar-refractivity contribution in [3.05, 3.63) is 28.4 Å². The lowest BCUT2D eigenvalue weighted by molar-refractivity contribution is -0.385. The van der Waals surface area contributed by atoms with Gasteiger partial charge >= 0.3 is 0 Å². The summed E-state index contributed by atoms with van der Waals surface area (Å²) in [4.78, 5) is 26.6. The maximum atomic E-state index is 10.8. The van der Waals surface area contributed by atoms with Gasteiger partial charge in [-0.15, -0.1) is 0 Å². The average molecular weight is 221 g/mol. The second-order valence-corrected chi connectivity index (χ2v) is 3.67. The number of nitrogens with zero attached hydrogens (tertiary/aromatic N) is 3. The maximum Gasteiger partial charge on any atom is 0.287 e. The minimum Gasteiger partial charge on any atom is -0.347 e. The summed E-state index contributed by atoms with van der Waals surface area (Å²) < 4.78 is 0. The third-order valence-corrected chi connectivity index (χ3v) is 2.69. The number of aldehydes is 1. The highest BCUT2D eigenvalue weighted by Crippen LogP contribution is 2.23. The first-order chi connectivity index (χ1) is 7.72. The Kier molecular flexibility index (Phi) is 2.80. The molecule has 16 heavy (non-hydrogen) atoms. The Balaban J connectivity index is 2.21. The predicted octanol–water partition coefficient (Wildman–Crippen LogP) is 1.16. The monoisotopic (exact) mass is 221 g/mol. The van der Waals surface area contributed by atoms with Crippen LogP contribution in [0.3, 0.4) is 0 Å². The third kappa shape index (κ3) is 1.86. The van der Waals surface area contributed by atoms with E-state index in [2.05, 4.69) is 4.98 Å². The van der Waals surface area contributed by atoms with Crippen LogP contribution in [0.5, 0.6) is 0 Å². The van der Waals surface area contributed by atoms with Gasteiger partial charge in [-0.25, -0.2) is 4.98 Å². The molecule has 0 unspecified atom stereocenters. The first kappa shape index (κ1) is 10.5. The quantitative estimate of drug-likeness (QED) is 0.435. The van der Waals surface area contributed by atoms with Gasteiger partial charge in [0.2, 0.25) is 0 Å². The van der Waals surface area contributed by atoms with Crippen LogP contribution >= 0.6 is 0 Å². The summed E-state index contributed by atoms with van der Waals surface area (Å²) in [6.07, 6.45) is 3.88. The molecule has 1 aliphatic rings. The second kappa shape index (κ2) is 4.26. The molecule has 1 aromatic rings. The number of pyridine rings is 1. The standard InChI is InChI=1S/C10H11N3O3/c14-7-9-2-1-5-12(9)10-4-3-8(6-11-10)13(15)16/h3-4,6-7,9H,1-2,5H2/t9-/m0/s1. The van der Waals surface area contributed by atoms with Gasteiger partial charge in [-0.3, -0.25) is 10.1 Å². The van der Waals surface area contributed by atoms with Crippen LogP contribution in [-0.4, -0.2) is 28.8 Å². The van der Waals surface area contributed by atoms with E-state index in [1.54, 1.807) is 6.07 Å². The van der Waals surface area contributed by atoms with Gasteiger partial charge in [-0.2, -0.15) is 0 Å². The topological polar surface area (TPSA) is 76.3 Å². The Morgan fingerprint density at radius 2 is 2.38 bits per heavy atom. The molecule has 84 valence electrons. The van der Waals surface area contributed by atoms with E-state index < -0.39 is 4.92 Å². The van der Waals surface area contributed by atoms with E-state index in [0.29, 0.717) is 5.82 Å². The van der Waals surface area contributed by atoms with Gasteiger partial charge in [0, 0.05) is 12.6 Å². The zero-order valence-electron chi connectivity index (χ0n) is 8.57. The van der Waals surface area contributed by atoms with Crippen molar-refractivity contribution in [1.82, 2.24) is 4.98 Å². The minimum absolute atomic E-state index is 0.0365. The van der Waals surface area contributed by atoms with Crippen molar-refractivity contribution in [1.29, 1.82) is 0 Å². The molecule has 0 amide bonds. The molecule has 1 saturated heterocycles. The lowest BCUT2D eigenvalue weighted by Crippen LogP contribution is -2.30. The van der Waals surface area contributed by atoms with Crippen LogP contribution in [0.1, 0.15) is 12.8 Å². The van der Waals surface area contributed by atoms with Gasteiger partial charge in [0.05, 0.1) is 11.0 Å². The van der Waals surface area contributed by atoms with E-state index >= 15 is 0 Å². The highest BCUT2D eigenvalue weighted by Gasteiger charge is 2.25. The molecule has 1 aliphatic heterocycles. The lowest BCUT2D eigenvalue weighted by Gasteiger charge is -2.20. The highest BCUT2D eigenvalue weighted by atomic mass is 16.6. The van der Waals surface area contributed by atoms with Gasteiger partial charge in [0.1, 0.15) is 18.3 Å². The molecule has 0 aromatic carbocycles. The third-order valence-electron chi connectivity index (χ3n) is 2.69. The van der Waals surface area contributed by atoms with Crippen LogP contribution in [0.15, 0.2) is 18.3 Å². The number of aromatic nitrogens is 1. The summed E-state index contributed by atoms with van der Waals surface area (Å²) in [6, 6.07) is 2.84. The smallest absolute Gasteiger partial charge is 0.287 e. The van der Waals surface area contributed by atoms with Gasteiger partial charge in [0.15, 0.2) is 0 Å². The van der Waals surface area contributed by atoms with E-state index in [4.69, 9.17) is 0 Å². The lowest BCUT2D eigenvalue weighted by atomic mass is 10.2. The van der Waals surface area contributed by atoms with Crippen LogP contribution in [-0.2, 0) is 4.79 Å². The minimum atomic E-state index is -0.488. The van der Waals surface area contributed by atoms with Crippen LogP contribution in [0, 0.1) is 10.1 Å². The Morgan fingerprint density at radius 3 is 2.94 bits per heavy atom. The van der Waals surface area contributed by atoms with E-state index in [1.807, 2.05) is 4.90 Å². The summed E-state index contributed by atoms with van der Waals surface area (Å²) in [5.41, 5.74) is -0.0365. The van der Waals surface area contributed by atoms with Gasteiger partial charge in [0.25, 0.3) is 5.69 Å². The molecule has 1 aromatic heterocycles. The predicted molar refractivity (Wildman–Crippen MR) is 57.3 cm³/mol. The fourth-order valence-electron chi connectivity index (χ4n) is 1.87. The Morgan fingerprint density at radius 1 is 1.56 bits per heavy atom. The molecule has 0 bridgehead atoms. The molecular weight excluding hydrogens is 210 g/mol. The average Bonchev–Trinajstić information content (AvgIpc) is 2.77. The molecular formula is C10H11N3O3. The molecule has 1 atom stereocenters. The molecule has 0 aliphatic carbocycles. The molecule has 2 heterocycles. The van der Waals surface area contributed by atoms with E-state index in [9.17, 15) is 14.9 Å². The highest BCUT2D eigenvalue weighted by molar-refractivity contribution is 5.66. The van der Waals surface area contributed by atoms with Crippen LogP contribution in [0.25, 0.3) is 0 Å². The largest absolute Gasteiger partial charge is 0.347 e. The van der Waals surface area contributed by atoms with Crippen molar-refractivity contribution in [3.63, 3.8) is 0 Å². The molecule has 0 spiro atoms. The molecule has 2 rings (SSSR count). The SMILES string of the molecule is O=C[C@@H]1CCCN1c1ccc([N+](=O)[O-])cn1. The first-order valence-corrected chi connectivity index (χ1v) is 5.05. The van der Waals surface area contributed by atoms with E-state index in [-0.39, 0.29) is 11.7 Å². The molecule has 6 heteroatoms. The maximum absolute atomic E-state index is 10.8. The first-order valence-electron chi connectivity index (χ1n) is 5.05. The number of carbonyl (C=O) groups excluding carboxylic acids is 1. The van der Waals surface area contributed by atoms with Gasteiger partial charge in [-0.05, 0) is 18.9 Å². The van der Waals surface area contributed by atoms with Gasteiger partial charge in [-0.1, -0.05) is 0 Å². The number of anilines is 1. The van der Waals surface area contributed by atoms with E-state index in [0.717, 1.165) is 25.7 Å². The fraction of sp³-hybridized carbons (Fsp3) is 0.400. The summed E-state index contributed by atoms with van der Waals surface area (Å²) in [6.45, 7) is 0.772. The fourth-order valence-corrected chi connectivity index (χ4v) is 1.87. The summed E-state index contributed by atoms with van der Waals surface area (Å²) in [7, 11) is 0. The van der Waals surface area contributed by atoms with Crippen molar-refractivity contribution in [2.45, 2.75) is 18.9 Å². The zero-order chi connectivity index (χ0) is 11.5. The number of rotatable bonds is 3. The molecule has 6 nitrogen and oxygen atoms in total. The zero-order valence-corrected chi connectivity index (χ0v) is 8.57. The van der Waals surface area contributed by atoms with Crippen LogP contribution < -0.4 is 4.90 Å². The Labute approximate surface area is 92.0 Å². The number of nitro groups is 1. The number of hydrogen-bond acceptors (Lipinski definition) is 5. The van der Waals surface area contributed by atoms with Crippen molar-refractivity contribution >= 4 is 17.8 Å².